The number of rotatable bonds is 4. The van der Waals surface area contributed by atoms with Crippen molar-refractivity contribution in [3.8, 4) is 0 Å². The van der Waals surface area contributed by atoms with Gasteiger partial charge in [0.1, 0.15) is 10.7 Å². The van der Waals surface area contributed by atoms with E-state index in [-0.39, 0.29) is 28.6 Å². The Hall–Kier alpha value is -2.34. The molecule has 1 aromatic rings. The van der Waals surface area contributed by atoms with Crippen LogP contribution in [-0.2, 0) is 9.59 Å². The number of amides is 3. The number of nitrogens with one attached hydrogen (secondary N) is 1. The second-order valence-electron chi connectivity index (χ2n) is 8.47. The van der Waals surface area contributed by atoms with Gasteiger partial charge in [0.05, 0.1) is 0 Å². The zero-order valence-electron chi connectivity index (χ0n) is 17.4. The number of hydrogen-bond acceptors (Lipinski definition) is 4. The molecule has 3 amide bonds. The Morgan fingerprint density at radius 2 is 1.67 bits per heavy atom. The quantitative estimate of drug-likeness (QED) is 0.729. The summed E-state index contributed by atoms with van der Waals surface area (Å²) in [4.78, 5) is 41.8. The Morgan fingerprint density at radius 3 is 2.37 bits per heavy atom. The molecule has 1 aromatic carbocycles. The summed E-state index contributed by atoms with van der Waals surface area (Å²) in [5, 5.41) is 3.00. The topological polar surface area (TPSA) is 69.7 Å². The van der Waals surface area contributed by atoms with Gasteiger partial charge in [-0.1, -0.05) is 36.9 Å². The number of benzene rings is 1. The van der Waals surface area contributed by atoms with Gasteiger partial charge in [-0.2, -0.15) is 0 Å². The predicted molar refractivity (Wildman–Crippen MR) is 116 cm³/mol. The first kappa shape index (κ1) is 20.9. The molecular weight excluding hydrogens is 402 g/mol. The van der Waals surface area contributed by atoms with Crippen LogP contribution < -0.4 is 5.32 Å². The second-order valence-corrected chi connectivity index (χ2v) is 8.85. The highest BCUT2D eigenvalue weighted by Crippen LogP contribution is 2.33. The highest BCUT2D eigenvalue weighted by molar-refractivity contribution is 6.48. The lowest BCUT2D eigenvalue weighted by Gasteiger charge is -2.29. The van der Waals surface area contributed by atoms with Gasteiger partial charge in [-0.15, -0.1) is 0 Å². The van der Waals surface area contributed by atoms with Gasteiger partial charge in [-0.05, 0) is 56.7 Å². The fraction of sp³-hybridized carbons (Fsp3) is 0.522. The number of imide groups is 1. The van der Waals surface area contributed by atoms with Gasteiger partial charge in [-0.25, -0.2) is 0 Å². The van der Waals surface area contributed by atoms with E-state index in [0.717, 1.165) is 70.0 Å². The fourth-order valence-corrected chi connectivity index (χ4v) is 4.82. The van der Waals surface area contributed by atoms with Gasteiger partial charge in [0.15, 0.2) is 0 Å². The van der Waals surface area contributed by atoms with Crippen LogP contribution in [0.15, 0.2) is 28.9 Å². The molecule has 0 aromatic heterocycles. The summed E-state index contributed by atoms with van der Waals surface area (Å²) in [5.41, 5.74) is 2.18. The highest BCUT2D eigenvalue weighted by atomic mass is 35.5. The number of anilines is 1. The van der Waals surface area contributed by atoms with E-state index >= 15 is 0 Å². The monoisotopic (exact) mass is 429 g/mol. The van der Waals surface area contributed by atoms with Crippen molar-refractivity contribution in [2.24, 2.45) is 0 Å². The average Bonchev–Trinajstić information content (AvgIpc) is 2.99. The van der Waals surface area contributed by atoms with E-state index in [9.17, 15) is 14.4 Å². The Bertz CT molecular complexity index is 899. The van der Waals surface area contributed by atoms with Crippen molar-refractivity contribution in [2.75, 3.05) is 18.4 Å². The lowest BCUT2D eigenvalue weighted by atomic mass is 9.94. The summed E-state index contributed by atoms with van der Waals surface area (Å²) in [5.74, 6) is -0.797. The molecule has 1 saturated carbocycles. The SMILES string of the molecule is Cc1ccc(C(=O)N2CCCCC2)cc1NC1=C(Cl)C(=O)N(C2CCCCC2)C1=O. The molecule has 1 aliphatic carbocycles. The molecular formula is C23H28ClN3O3. The van der Waals surface area contributed by atoms with E-state index in [0.29, 0.717) is 11.3 Å². The number of likely N-dealkylation sites (tertiary alicyclic amines) is 1. The Labute approximate surface area is 182 Å². The summed E-state index contributed by atoms with van der Waals surface area (Å²) in [6.07, 6.45) is 8.03. The van der Waals surface area contributed by atoms with Crippen molar-refractivity contribution in [3.05, 3.63) is 40.1 Å². The molecule has 3 aliphatic rings. The molecule has 30 heavy (non-hydrogen) atoms. The summed E-state index contributed by atoms with van der Waals surface area (Å²) in [6.45, 7) is 3.44. The van der Waals surface area contributed by atoms with Crippen LogP contribution in [0.4, 0.5) is 5.69 Å². The molecule has 4 rings (SSSR count). The number of hydrogen-bond donors (Lipinski definition) is 1. The summed E-state index contributed by atoms with van der Waals surface area (Å²) < 4.78 is 0. The van der Waals surface area contributed by atoms with Crippen LogP contribution in [0.1, 0.15) is 67.3 Å². The molecule has 0 atom stereocenters. The van der Waals surface area contributed by atoms with Gasteiger partial charge in [0.25, 0.3) is 17.7 Å². The normalized spacial score (nSPS) is 20.9. The lowest BCUT2D eigenvalue weighted by Crippen LogP contribution is -2.42. The zero-order valence-corrected chi connectivity index (χ0v) is 18.1. The van der Waals surface area contributed by atoms with Gasteiger partial charge < -0.3 is 10.2 Å². The maximum absolute atomic E-state index is 13.0. The molecule has 0 radical (unpaired) electrons. The number of halogens is 1. The van der Waals surface area contributed by atoms with Gasteiger partial charge in [0, 0.05) is 30.4 Å². The highest BCUT2D eigenvalue weighted by Gasteiger charge is 2.42. The van der Waals surface area contributed by atoms with Crippen molar-refractivity contribution in [2.45, 2.75) is 64.3 Å². The Kier molecular flexibility index (Phi) is 6.14. The van der Waals surface area contributed by atoms with Gasteiger partial charge in [-0.3, -0.25) is 19.3 Å². The lowest BCUT2D eigenvalue weighted by molar-refractivity contribution is -0.140. The first-order valence-corrected chi connectivity index (χ1v) is 11.3. The maximum atomic E-state index is 13.0. The van der Waals surface area contributed by atoms with E-state index < -0.39 is 5.91 Å². The molecule has 7 heteroatoms. The van der Waals surface area contributed by atoms with Crippen molar-refractivity contribution in [3.63, 3.8) is 0 Å². The molecule has 2 aliphatic heterocycles. The van der Waals surface area contributed by atoms with Crippen LogP contribution >= 0.6 is 11.6 Å². The van der Waals surface area contributed by atoms with Crippen LogP contribution in [0.5, 0.6) is 0 Å². The molecule has 160 valence electrons. The number of piperidine rings is 1. The van der Waals surface area contributed by atoms with Crippen LogP contribution in [0.3, 0.4) is 0 Å². The van der Waals surface area contributed by atoms with Crippen molar-refractivity contribution >= 4 is 35.0 Å². The molecule has 0 spiro atoms. The van der Waals surface area contributed by atoms with E-state index in [1.807, 2.05) is 24.0 Å². The standard InChI is InChI=1S/C23H28ClN3O3/c1-15-10-11-16(21(28)26-12-6-3-7-13-26)14-18(15)25-20-19(24)22(29)27(23(20)30)17-8-4-2-5-9-17/h10-11,14,17,25H,2-9,12-13H2,1H3. The van der Waals surface area contributed by atoms with Crippen LogP contribution in [0.25, 0.3) is 0 Å². The minimum absolute atomic E-state index is 0.00418. The minimum atomic E-state index is -0.422. The Morgan fingerprint density at radius 1 is 1.00 bits per heavy atom. The van der Waals surface area contributed by atoms with Gasteiger partial charge >= 0.3 is 0 Å². The molecule has 0 unspecified atom stereocenters. The third-order valence-corrected chi connectivity index (χ3v) is 6.74. The zero-order chi connectivity index (χ0) is 21.3. The van der Waals surface area contributed by atoms with Crippen LogP contribution in [-0.4, -0.2) is 46.7 Å². The smallest absolute Gasteiger partial charge is 0.279 e. The van der Waals surface area contributed by atoms with Crippen molar-refractivity contribution in [1.82, 2.24) is 9.80 Å². The van der Waals surface area contributed by atoms with E-state index in [1.165, 1.54) is 4.90 Å². The Balaban J connectivity index is 1.55. The van der Waals surface area contributed by atoms with Gasteiger partial charge in [0.2, 0.25) is 0 Å². The molecule has 1 saturated heterocycles. The number of nitrogens with zero attached hydrogens (tertiary/aromatic N) is 2. The molecule has 2 heterocycles. The maximum Gasteiger partial charge on any atom is 0.279 e. The molecule has 0 bridgehead atoms. The largest absolute Gasteiger partial charge is 0.349 e. The average molecular weight is 430 g/mol. The number of carbonyl (C=O) groups excluding carboxylic acids is 3. The summed E-state index contributed by atoms with van der Waals surface area (Å²) >= 11 is 6.29. The van der Waals surface area contributed by atoms with Crippen molar-refractivity contribution < 1.29 is 14.4 Å². The van der Waals surface area contributed by atoms with E-state index in [1.54, 1.807) is 6.07 Å². The number of carbonyl (C=O) groups is 3. The van der Waals surface area contributed by atoms with Crippen LogP contribution in [0.2, 0.25) is 0 Å². The molecule has 1 N–H and O–H groups in total. The number of aryl methyl sites for hydroxylation is 1. The van der Waals surface area contributed by atoms with E-state index in [4.69, 9.17) is 11.6 Å². The second kappa shape index (κ2) is 8.80. The summed E-state index contributed by atoms with van der Waals surface area (Å²) in [6, 6.07) is 5.34. The molecule has 2 fully saturated rings. The molecule has 6 nitrogen and oxygen atoms in total. The van der Waals surface area contributed by atoms with Crippen LogP contribution in [0, 0.1) is 6.92 Å². The third-order valence-electron chi connectivity index (χ3n) is 6.39. The third kappa shape index (κ3) is 3.97. The minimum Gasteiger partial charge on any atom is -0.349 e. The van der Waals surface area contributed by atoms with E-state index in [2.05, 4.69) is 5.32 Å². The summed E-state index contributed by atoms with van der Waals surface area (Å²) in [7, 11) is 0. The fourth-order valence-electron chi connectivity index (χ4n) is 4.60. The predicted octanol–water partition coefficient (Wildman–Crippen LogP) is 4.18. The first-order chi connectivity index (χ1) is 14.5. The first-order valence-electron chi connectivity index (χ1n) is 10.9. The van der Waals surface area contributed by atoms with Crippen molar-refractivity contribution in [1.29, 1.82) is 0 Å².